The Morgan fingerprint density at radius 2 is 2.28 bits per heavy atom. The van der Waals surface area contributed by atoms with E-state index in [-0.39, 0.29) is 0 Å². The Morgan fingerprint density at radius 3 is 3.12 bits per heavy atom. The van der Waals surface area contributed by atoms with Crippen LogP contribution in [0.4, 0.5) is 0 Å². The minimum atomic E-state index is 0.626. The van der Waals surface area contributed by atoms with Crippen molar-refractivity contribution in [1.29, 1.82) is 0 Å². The molecule has 1 saturated heterocycles. The average Bonchev–Trinajstić information content (AvgIpc) is 3.27. The van der Waals surface area contributed by atoms with Gasteiger partial charge in [0.05, 0.1) is 0 Å². The lowest BCUT2D eigenvalue weighted by Crippen LogP contribution is -2.50. The molecule has 2 aromatic heterocycles. The first-order valence-corrected chi connectivity index (χ1v) is 9.48. The van der Waals surface area contributed by atoms with Gasteiger partial charge in [-0.1, -0.05) is 19.1 Å². The molecular formula is C20H25N5. The zero-order valence-electron chi connectivity index (χ0n) is 14.7. The first kappa shape index (κ1) is 15.1. The maximum atomic E-state index is 4.33. The molecule has 2 aliphatic rings. The Kier molecular flexibility index (Phi) is 3.63. The van der Waals surface area contributed by atoms with E-state index in [1.54, 1.807) is 11.9 Å². The van der Waals surface area contributed by atoms with Crippen molar-refractivity contribution >= 4 is 10.9 Å². The predicted octanol–water partition coefficient (Wildman–Crippen LogP) is 3.20. The molecule has 1 aliphatic carbocycles. The summed E-state index contributed by atoms with van der Waals surface area (Å²) in [4.78, 5) is 10.3. The Morgan fingerprint density at radius 1 is 1.32 bits per heavy atom. The fourth-order valence-electron chi connectivity index (χ4n) is 5.17. The Balaban J connectivity index is 1.52. The van der Waals surface area contributed by atoms with Gasteiger partial charge in [0, 0.05) is 42.1 Å². The van der Waals surface area contributed by atoms with Crippen molar-refractivity contribution in [3.8, 4) is 0 Å². The summed E-state index contributed by atoms with van der Waals surface area (Å²) in [5, 5.41) is 5.82. The van der Waals surface area contributed by atoms with E-state index >= 15 is 0 Å². The van der Waals surface area contributed by atoms with Crippen LogP contribution in [0.1, 0.15) is 36.8 Å². The van der Waals surface area contributed by atoms with Crippen LogP contribution in [0, 0.1) is 5.92 Å². The summed E-state index contributed by atoms with van der Waals surface area (Å²) in [6.45, 7) is 5.62. The minimum absolute atomic E-state index is 0.626. The van der Waals surface area contributed by atoms with Gasteiger partial charge in [0.1, 0.15) is 12.7 Å². The van der Waals surface area contributed by atoms with Gasteiger partial charge in [0.15, 0.2) is 0 Å². The number of nitrogens with one attached hydrogen (secondary N) is 1. The van der Waals surface area contributed by atoms with Gasteiger partial charge in [0.2, 0.25) is 0 Å². The molecule has 5 nitrogen and oxygen atoms in total. The highest BCUT2D eigenvalue weighted by Crippen LogP contribution is 2.44. The van der Waals surface area contributed by atoms with E-state index in [0.29, 0.717) is 17.9 Å². The highest BCUT2D eigenvalue weighted by atomic mass is 15.3. The van der Waals surface area contributed by atoms with Gasteiger partial charge in [-0.2, -0.15) is 5.10 Å². The Labute approximate surface area is 148 Å². The van der Waals surface area contributed by atoms with Gasteiger partial charge in [-0.15, -0.1) is 0 Å². The number of fused-ring (bicyclic) bond motifs is 2. The quantitative estimate of drug-likeness (QED) is 0.796. The van der Waals surface area contributed by atoms with Gasteiger partial charge in [-0.3, -0.25) is 9.58 Å². The molecule has 1 fully saturated rings. The van der Waals surface area contributed by atoms with Crippen molar-refractivity contribution in [3.63, 3.8) is 0 Å². The number of hydrogen-bond donors (Lipinski definition) is 1. The number of nitrogens with zero attached hydrogens (tertiary/aromatic N) is 4. The second kappa shape index (κ2) is 5.99. The van der Waals surface area contributed by atoms with Gasteiger partial charge in [-0.25, -0.2) is 4.98 Å². The zero-order chi connectivity index (χ0) is 16.8. The third-order valence-corrected chi connectivity index (χ3v) is 6.08. The van der Waals surface area contributed by atoms with Crippen LogP contribution in [-0.4, -0.2) is 43.8 Å². The highest BCUT2D eigenvalue weighted by molar-refractivity contribution is 5.88. The van der Waals surface area contributed by atoms with E-state index < -0.39 is 0 Å². The van der Waals surface area contributed by atoms with Gasteiger partial charge in [-0.05, 0) is 48.9 Å². The average molecular weight is 335 g/mol. The van der Waals surface area contributed by atoms with E-state index in [2.05, 4.69) is 51.3 Å². The third kappa shape index (κ3) is 2.49. The summed E-state index contributed by atoms with van der Waals surface area (Å²) >= 11 is 0. The molecule has 1 N–H and O–H groups in total. The number of aromatic nitrogens is 4. The lowest BCUT2D eigenvalue weighted by atomic mass is 9.72. The topological polar surface area (TPSA) is 49.7 Å². The number of aromatic amines is 1. The van der Waals surface area contributed by atoms with E-state index in [1.165, 1.54) is 48.8 Å². The third-order valence-electron chi connectivity index (χ3n) is 6.08. The van der Waals surface area contributed by atoms with Crippen LogP contribution < -0.4 is 0 Å². The molecule has 5 rings (SSSR count). The standard InChI is InChI=1S/C20H25N5/c1-2-6-24-10-14(11-25-13-21-12-23-25)7-17-16-4-3-5-18-20(16)15(9-22-18)8-19(17)24/h3-5,9,12-14,17,19,22H,2,6-8,10-11H2,1H3/t14-,17-,19-/m1/s1. The van der Waals surface area contributed by atoms with Crippen LogP contribution >= 0.6 is 0 Å². The first-order chi connectivity index (χ1) is 12.3. The molecule has 25 heavy (non-hydrogen) atoms. The first-order valence-electron chi connectivity index (χ1n) is 9.48. The molecule has 3 atom stereocenters. The van der Waals surface area contributed by atoms with Gasteiger partial charge >= 0.3 is 0 Å². The van der Waals surface area contributed by atoms with Crippen LogP contribution in [0.2, 0.25) is 0 Å². The SMILES string of the molecule is CCCN1C[C@H](Cn2cncn2)C[C@@H]2c3cccc4[nH]cc(c34)C[C@H]21. The fraction of sp³-hybridized carbons (Fsp3) is 0.500. The molecule has 0 radical (unpaired) electrons. The monoisotopic (exact) mass is 335 g/mol. The van der Waals surface area contributed by atoms with Crippen molar-refractivity contribution in [2.75, 3.05) is 13.1 Å². The number of rotatable bonds is 4. The fourth-order valence-corrected chi connectivity index (χ4v) is 5.17. The van der Waals surface area contributed by atoms with E-state index in [4.69, 9.17) is 0 Å². The Bertz CT molecular complexity index is 865. The predicted molar refractivity (Wildman–Crippen MR) is 98.5 cm³/mol. The molecule has 0 unspecified atom stereocenters. The number of piperidine rings is 1. The summed E-state index contributed by atoms with van der Waals surface area (Å²) in [5.41, 5.74) is 4.35. The lowest BCUT2D eigenvalue weighted by Gasteiger charge is -2.47. The summed E-state index contributed by atoms with van der Waals surface area (Å²) in [6.07, 6.45) is 9.36. The van der Waals surface area contributed by atoms with Crippen LogP contribution in [0.25, 0.3) is 10.9 Å². The molecule has 1 aromatic carbocycles. The van der Waals surface area contributed by atoms with Crippen molar-refractivity contribution < 1.29 is 0 Å². The molecule has 3 heterocycles. The number of H-pyrrole nitrogens is 1. The van der Waals surface area contributed by atoms with Crippen LogP contribution in [0.15, 0.2) is 37.1 Å². The maximum absolute atomic E-state index is 4.33. The molecule has 0 bridgehead atoms. The molecule has 5 heteroatoms. The second-order valence-corrected chi connectivity index (χ2v) is 7.68. The zero-order valence-corrected chi connectivity index (χ0v) is 14.7. The normalized spacial score (nSPS) is 26.0. The van der Waals surface area contributed by atoms with Crippen LogP contribution in [0.5, 0.6) is 0 Å². The summed E-state index contributed by atoms with van der Waals surface area (Å²) in [6, 6.07) is 7.42. The van der Waals surface area contributed by atoms with Gasteiger partial charge in [0.25, 0.3) is 0 Å². The van der Waals surface area contributed by atoms with E-state index in [1.807, 2.05) is 11.0 Å². The molecule has 130 valence electrons. The summed E-state index contributed by atoms with van der Waals surface area (Å²) in [5.74, 6) is 1.26. The van der Waals surface area contributed by atoms with Crippen molar-refractivity contribution in [2.45, 2.75) is 44.7 Å². The van der Waals surface area contributed by atoms with Crippen molar-refractivity contribution in [3.05, 3.63) is 48.2 Å². The van der Waals surface area contributed by atoms with Crippen LogP contribution in [0.3, 0.4) is 0 Å². The second-order valence-electron chi connectivity index (χ2n) is 7.68. The number of likely N-dealkylation sites (tertiary alicyclic amines) is 1. The smallest absolute Gasteiger partial charge is 0.137 e. The van der Waals surface area contributed by atoms with Gasteiger partial charge < -0.3 is 4.98 Å². The highest BCUT2D eigenvalue weighted by Gasteiger charge is 2.40. The molecule has 3 aromatic rings. The largest absolute Gasteiger partial charge is 0.361 e. The van der Waals surface area contributed by atoms with Crippen LogP contribution in [-0.2, 0) is 13.0 Å². The maximum Gasteiger partial charge on any atom is 0.137 e. The lowest BCUT2D eigenvalue weighted by molar-refractivity contribution is 0.0762. The molecular weight excluding hydrogens is 310 g/mol. The number of benzene rings is 1. The Hall–Kier alpha value is -2.14. The van der Waals surface area contributed by atoms with Crippen molar-refractivity contribution in [1.82, 2.24) is 24.6 Å². The molecule has 0 amide bonds. The molecule has 0 saturated carbocycles. The summed E-state index contributed by atoms with van der Waals surface area (Å²) < 4.78 is 2.00. The molecule has 0 spiro atoms. The van der Waals surface area contributed by atoms with E-state index in [9.17, 15) is 0 Å². The number of hydrogen-bond acceptors (Lipinski definition) is 3. The minimum Gasteiger partial charge on any atom is -0.361 e. The van der Waals surface area contributed by atoms with Crippen molar-refractivity contribution in [2.24, 2.45) is 5.92 Å². The molecule has 1 aliphatic heterocycles. The summed E-state index contributed by atoms with van der Waals surface area (Å²) in [7, 11) is 0. The van der Waals surface area contributed by atoms with E-state index in [0.717, 1.165) is 6.54 Å².